The molecule has 2 aromatic carbocycles. The van der Waals surface area contributed by atoms with E-state index in [0.29, 0.717) is 12.0 Å². The number of amides is 1. The zero-order valence-electron chi connectivity index (χ0n) is 11.8. The monoisotopic (exact) mass is 371 g/mol. The molecule has 0 atom stereocenters. The van der Waals surface area contributed by atoms with E-state index < -0.39 is 0 Å². The molecule has 0 aliphatic heterocycles. The van der Waals surface area contributed by atoms with Crippen molar-refractivity contribution in [3.8, 4) is 11.1 Å². The lowest BCUT2D eigenvalue weighted by Crippen LogP contribution is -2.12. The maximum atomic E-state index is 11.5. The van der Waals surface area contributed by atoms with Crippen LogP contribution < -0.4 is 5.73 Å². The van der Waals surface area contributed by atoms with Crippen molar-refractivity contribution in [1.82, 2.24) is 0 Å². The molecule has 0 spiro atoms. The molecular formula is C18H14BrNOS. The Bertz CT molecular complexity index is 794. The van der Waals surface area contributed by atoms with Crippen LogP contribution in [0.2, 0.25) is 0 Å². The highest BCUT2D eigenvalue weighted by Crippen LogP contribution is 2.30. The lowest BCUT2D eigenvalue weighted by Gasteiger charge is -2.06. The average Bonchev–Trinajstić information content (AvgIpc) is 2.90. The van der Waals surface area contributed by atoms with E-state index in [1.54, 1.807) is 5.38 Å². The second-order valence-electron chi connectivity index (χ2n) is 5.01. The van der Waals surface area contributed by atoms with E-state index in [-0.39, 0.29) is 5.91 Å². The summed E-state index contributed by atoms with van der Waals surface area (Å²) in [4.78, 5) is 11.5. The van der Waals surface area contributed by atoms with Crippen molar-refractivity contribution >= 4 is 33.2 Å². The number of halogens is 1. The molecule has 0 unspecified atom stereocenters. The molecule has 0 radical (unpaired) electrons. The summed E-state index contributed by atoms with van der Waals surface area (Å²) < 4.78 is 0.966. The smallest absolute Gasteiger partial charge is 0.249 e. The Labute approximate surface area is 141 Å². The molecule has 4 heteroatoms. The molecule has 0 aliphatic rings. The Hall–Kier alpha value is -1.91. The summed E-state index contributed by atoms with van der Waals surface area (Å²) in [5.74, 6) is -0.377. The van der Waals surface area contributed by atoms with Crippen molar-refractivity contribution in [2.75, 3.05) is 0 Å². The van der Waals surface area contributed by atoms with Crippen LogP contribution in [-0.2, 0) is 6.42 Å². The molecule has 0 bridgehead atoms. The van der Waals surface area contributed by atoms with Crippen LogP contribution in [0.15, 0.2) is 63.8 Å². The molecule has 1 aromatic heterocycles. The molecule has 1 heterocycles. The molecule has 0 fully saturated rings. The van der Waals surface area contributed by atoms with Gasteiger partial charge in [0.2, 0.25) is 5.91 Å². The summed E-state index contributed by atoms with van der Waals surface area (Å²) in [5.41, 5.74) is 10.5. The third kappa shape index (κ3) is 3.13. The van der Waals surface area contributed by atoms with Crippen molar-refractivity contribution in [1.29, 1.82) is 0 Å². The van der Waals surface area contributed by atoms with Crippen molar-refractivity contribution < 1.29 is 4.79 Å². The van der Waals surface area contributed by atoms with Gasteiger partial charge in [-0.15, -0.1) is 11.3 Å². The van der Waals surface area contributed by atoms with Crippen LogP contribution in [0.5, 0.6) is 0 Å². The first-order valence-electron chi connectivity index (χ1n) is 6.85. The van der Waals surface area contributed by atoms with Crippen LogP contribution in [0.1, 0.15) is 21.5 Å². The second-order valence-corrected chi connectivity index (χ2v) is 7.20. The molecule has 0 saturated carbocycles. The number of thiophene rings is 1. The molecule has 3 rings (SSSR count). The first-order valence-corrected chi connectivity index (χ1v) is 8.52. The first kappa shape index (κ1) is 15.0. The molecule has 110 valence electrons. The zero-order valence-corrected chi connectivity index (χ0v) is 14.2. The van der Waals surface area contributed by atoms with Gasteiger partial charge in [-0.1, -0.05) is 54.6 Å². The normalized spacial score (nSPS) is 10.6. The molecular weight excluding hydrogens is 358 g/mol. The number of carbonyl (C=O) groups excluding carboxylic acids is 1. The highest BCUT2D eigenvalue weighted by atomic mass is 79.9. The maximum absolute atomic E-state index is 11.5. The summed E-state index contributed by atoms with van der Waals surface area (Å²) in [6.45, 7) is 0. The Morgan fingerprint density at radius 3 is 2.27 bits per heavy atom. The summed E-state index contributed by atoms with van der Waals surface area (Å²) >= 11 is 5.00. The van der Waals surface area contributed by atoms with Crippen molar-refractivity contribution in [2.45, 2.75) is 6.42 Å². The average molecular weight is 372 g/mol. The van der Waals surface area contributed by atoms with Gasteiger partial charge in [0.05, 0.1) is 9.35 Å². The summed E-state index contributed by atoms with van der Waals surface area (Å²) in [6.07, 6.45) is 0.692. The Kier molecular flexibility index (Phi) is 4.41. The molecule has 0 saturated heterocycles. The van der Waals surface area contributed by atoms with Crippen molar-refractivity contribution in [3.63, 3.8) is 0 Å². The summed E-state index contributed by atoms with van der Waals surface area (Å²) in [6, 6.07) is 18.7. The maximum Gasteiger partial charge on any atom is 0.249 e. The van der Waals surface area contributed by atoms with Gasteiger partial charge in [0, 0.05) is 11.8 Å². The molecule has 2 nitrogen and oxygen atoms in total. The molecule has 22 heavy (non-hydrogen) atoms. The van der Waals surface area contributed by atoms with Crippen LogP contribution in [0.4, 0.5) is 0 Å². The number of hydrogen-bond donors (Lipinski definition) is 1. The number of nitrogens with two attached hydrogens (primary N) is 1. The number of primary amides is 1. The van der Waals surface area contributed by atoms with Crippen LogP contribution in [0.3, 0.4) is 0 Å². The van der Waals surface area contributed by atoms with Crippen LogP contribution in [-0.4, -0.2) is 5.91 Å². The molecule has 1 amide bonds. The SMILES string of the molecule is NC(=O)c1csc(Br)c1Cc1ccc(-c2ccccc2)cc1. The minimum absolute atomic E-state index is 0.377. The Balaban J connectivity index is 1.86. The highest BCUT2D eigenvalue weighted by molar-refractivity contribution is 9.11. The van der Waals surface area contributed by atoms with Crippen molar-refractivity contribution in [2.24, 2.45) is 5.73 Å². The lowest BCUT2D eigenvalue weighted by atomic mass is 10.00. The zero-order chi connectivity index (χ0) is 15.5. The predicted molar refractivity (Wildman–Crippen MR) is 95.2 cm³/mol. The molecule has 3 aromatic rings. The Morgan fingerprint density at radius 2 is 1.64 bits per heavy atom. The topological polar surface area (TPSA) is 43.1 Å². The quantitative estimate of drug-likeness (QED) is 0.698. The molecule has 0 aliphatic carbocycles. The third-order valence-electron chi connectivity index (χ3n) is 3.55. The van der Waals surface area contributed by atoms with Crippen LogP contribution in [0, 0.1) is 0 Å². The number of hydrogen-bond acceptors (Lipinski definition) is 2. The van der Waals surface area contributed by atoms with Gasteiger partial charge in [-0.25, -0.2) is 0 Å². The van der Waals surface area contributed by atoms with Crippen LogP contribution >= 0.6 is 27.3 Å². The fourth-order valence-corrected chi connectivity index (χ4v) is 3.82. The summed E-state index contributed by atoms with van der Waals surface area (Å²) in [7, 11) is 0. The summed E-state index contributed by atoms with van der Waals surface area (Å²) in [5, 5.41) is 1.81. The fourth-order valence-electron chi connectivity index (χ4n) is 2.38. The second kappa shape index (κ2) is 6.46. The highest BCUT2D eigenvalue weighted by Gasteiger charge is 2.14. The van der Waals surface area contributed by atoms with Gasteiger partial charge in [0.25, 0.3) is 0 Å². The van der Waals surface area contributed by atoms with E-state index in [1.807, 2.05) is 18.2 Å². The first-order chi connectivity index (χ1) is 10.6. The number of carbonyl (C=O) groups is 1. The van der Waals surface area contributed by atoms with E-state index in [9.17, 15) is 4.79 Å². The Morgan fingerprint density at radius 1 is 1.00 bits per heavy atom. The van der Waals surface area contributed by atoms with E-state index in [1.165, 1.54) is 22.5 Å². The van der Waals surface area contributed by atoms with Gasteiger partial charge in [-0.3, -0.25) is 4.79 Å². The van der Waals surface area contributed by atoms with Gasteiger partial charge in [0.1, 0.15) is 0 Å². The largest absolute Gasteiger partial charge is 0.366 e. The van der Waals surface area contributed by atoms with E-state index in [4.69, 9.17) is 5.73 Å². The van der Waals surface area contributed by atoms with E-state index in [2.05, 4.69) is 52.3 Å². The van der Waals surface area contributed by atoms with Gasteiger partial charge in [0.15, 0.2) is 0 Å². The lowest BCUT2D eigenvalue weighted by molar-refractivity contribution is 0.1000. The van der Waals surface area contributed by atoms with Crippen LogP contribution in [0.25, 0.3) is 11.1 Å². The van der Waals surface area contributed by atoms with E-state index in [0.717, 1.165) is 14.9 Å². The van der Waals surface area contributed by atoms with Gasteiger partial charge in [-0.2, -0.15) is 0 Å². The van der Waals surface area contributed by atoms with Crippen molar-refractivity contribution in [3.05, 3.63) is 80.5 Å². The molecule has 2 N–H and O–H groups in total. The van der Waals surface area contributed by atoms with Gasteiger partial charge in [-0.05, 0) is 38.2 Å². The third-order valence-corrected chi connectivity index (χ3v) is 5.40. The predicted octanol–water partition coefficient (Wildman–Crippen LogP) is 4.87. The fraction of sp³-hybridized carbons (Fsp3) is 0.0556. The number of rotatable bonds is 4. The minimum Gasteiger partial charge on any atom is -0.366 e. The van der Waals surface area contributed by atoms with E-state index >= 15 is 0 Å². The van der Waals surface area contributed by atoms with Gasteiger partial charge < -0.3 is 5.73 Å². The number of benzene rings is 2. The van der Waals surface area contributed by atoms with Gasteiger partial charge >= 0.3 is 0 Å². The standard InChI is InChI=1S/C18H14BrNOS/c19-17-15(16(11-22-17)18(20)21)10-12-6-8-14(9-7-12)13-4-2-1-3-5-13/h1-9,11H,10H2,(H2,20,21). The minimum atomic E-state index is -0.377.